The summed E-state index contributed by atoms with van der Waals surface area (Å²) in [7, 11) is 4.94. The summed E-state index contributed by atoms with van der Waals surface area (Å²) in [4.78, 5) is 24.8. The van der Waals surface area contributed by atoms with E-state index in [9.17, 15) is 9.59 Å². The highest BCUT2D eigenvalue weighted by atomic mass is 79.9. The van der Waals surface area contributed by atoms with Gasteiger partial charge in [-0.2, -0.15) is 0 Å². The lowest BCUT2D eigenvalue weighted by Gasteiger charge is -2.63. The molecule has 4 aliphatic carbocycles. The number of quaternary nitrogens is 2. The summed E-state index contributed by atoms with van der Waals surface area (Å²) < 4.78 is 14.7. The Kier molecular flexibility index (Phi) is 9.30. The van der Waals surface area contributed by atoms with Gasteiger partial charge in [0.15, 0.2) is 12.2 Å². The molecule has 0 radical (unpaired) electrons. The van der Waals surface area contributed by atoms with Crippen LogP contribution in [0.15, 0.2) is 0 Å². The number of likely N-dealkylation sites (N-methyl/N-ethyl adjacent to an activating group) is 2. The normalized spacial score (nSPS) is 45.8. The molecule has 6 fully saturated rings. The van der Waals surface area contributed by atoms with Crippen LogP contribution in [0.25, 0.3) is 0 Å². The van der Waals surface area contributed by atoms with E-state index in [0.29, 0.717) is 35.3 Å². The summed E-state index contributed by atoms with van der Waals surface area (Å²) in [5.74, 6) is 2.52. The second kappa shape index (κ2) is 11.9. The van der Waals surface area contributed by atoms with Crippen molar-refractivity contribution in [3.8, 4) is 0 Å². The Bertz CT molecular complexity index is 1010. The number of hydrogen-bond donors (Lipinski definition) is 0. The standard InChI is InChI=1S/C35H60N2O4.BrH/c1-24(38)40-32-21-26-13-14-27-28(35(26,4)23-31(32)37(6)19-11-8-12-20-37)15-16-34(3)29(27)22-30(33(34)41-25(2)39)36(5)17-9-7-10-18-36;/h26-33H,7-23H2,1-6H3;1H/q+2;/p-1/t26-,27+,28-,29-,30-,31-,32-,33-,34-,35-;/m0./s1. The van der Waals surface area contributed by atoms with Crippen LogP contribution < -0.4 is 17.0 Å². The first-order valence-electron chi connectivity index (χ1n) is 17.4. The van der Waals surface area contributed by atoms with Crippen molar-refractivity contribution in [1.82, 2.24) is 0 Å². The molecule has 6 aliphatic rings. The van der Waals surface area contributed by atoms with Crippen molar-refractivity contribution in [1.29, 1.82) is 0 Å². The number of carbonyl (C=O) groups is 2. The number of piperidine rings is 2. The molecule has 0 bridgehead atoms. The lowest BCUT2D eigenvalue weighted by atomic mass is 9.44. The van der Waals surface area contributed by atoms with Crippen molar-refractivity contribution in [2.24, 2.45) is 34.5 Å². The van der Waals surface area contributed by atoms with E-state index in [2.05, 4.69) is 27.9 Å². The van der Waals surface area contributed by atoms with Gasteiger partial charge in [0.25, 0.3) is 0 Å². The van der Waals surface area contributed by atoms with Crippen molar-refractivity contribution in [2.45, 2.75) is 135 Å². The third-order valence-electron chi connectivity index (χ3n) is 14.5. The highest BCUT2D eigenvalue weighted by molar-refractivity contribution is 5.66. The van der Waals surface area contributed by atoms with Crippen LogP contribution in [-0.2, 0) is 19.1 Å². The molecule has 6 rings (SSSR count). The van der Waals surface area contributed by atoms with Gasteiger partial charge >= 0.3 is 11.9 Å². The molecule has 2 aliphatic heterocycles. The minimum Gasteiger partial charge on any atom is -1.00 e. The Morgan fingerprint density at radius 2 is 1.26 bits per heavy atom. The second-order valence-electron chi connectivity index (χ2n) is 16.7. The largest absolute Gasteiger partial charge is 1.00 e. The molecule has 0 aromatic carbocycles. The average molecular weight is 653 g/mol. The molecule has 10 atom stereocenters. The molecule has 2 saturated heterocycles. The molecule has 42 heavy (non-hydrogen) atoms. The van der Waals surface area contributed by atoms with Crippen molar-refractivity contribution in [3.05, 3.63) is 0 Å². The van der Waals surface area contributed by atoms with Crippen LogP contribution in [0.1, 0.15) is 111 Å². The third kappa shape index (κ3) is 5.42. The van der Waals surface area contributed by atoms with Gasteiger partial charge < -0.3 is 35.4 Å². The maximum Gasteiger partial charge on any atom is 0.303 e. The number of ether oxygens (including phenoxy) is 2. The monoisotopic (exact) mass is 651 g/mol. The van der Waals surface area contributed by atoms with E-state index < -0.39 is 0 Å². The number of likely N-dealkylation sites (tertiary alicyclic amines) is 2. The van der Waals surface area contributed by atoms with E-state index in [1.165, 1.54) is 103 Å². The number of esters is 2. The first-order chi connectivity index (χ1) is 19.4. The van der Waals surface area contributed by atoms with E-state index in [1.807, 2.05) is 0 Å². The Labute approximate surface area is 266 Å². The Morgan fingerprint density at radius 1 is 0.690 bits per heavy atom. The lowest BCUT2D eigenvalue weighted by molar-refractivity contribution is -0.943. The quantitative estimate of drug-likeness (QED) is 0.346. The number of halogens is 1. The van der Waals surface area contributed by atoms with Gasteiger partial charge in [0.1, 0.15) is 12.1 Å². The van der Waals surface area contributed by atoms with E-state index >= 15 is 0 Å². The van der Waals surface area contributed by atoms with Crippen molar-refractivity contribution < 1.29 is 45.0 Å². The first-order valence-corrected chi connectivity index (χ1v) is 17.4. The summed E-state index contributed by atoms with van der Waals surface area (Å²) >= 11 is 0. The fourth-order valence-electron chi connectivity index (χ4n) is 12.3. The summed E-state index contributed by atoms with van der Waals surface area (Å²) in [5.41, 5.74) is 0.377. The van der Waals surface area contributed by atoms with Gasteiger partial charge in [0.2, 0.25) is 0 Å². The Morgan fingerprint density at radius 3 is 1.83 bits per heavy atom. The Balaban J connectivity index is 0.00000353. The molecule has 4 saturated carbocycles. The molecular formula is C35H60BrN2O4+. The fraction of sp³-hybridized carbons (Fsp3) is 0.943. The van der Waals surface area contributed by atoms with Gasteiger partial charge in [-0.25, -0.2) is 0 Å². The lowest BCUT2D eigenvalue weighted by Crippen LogP contribution is -3.00. The van der Waals surface area contributed by atoms with E-state index in [4.69, 9.17) is 9.47 Å². The van der Waals surface area contributed by atoms with Gasteiger partial charge in [-0.15, -0.1) is 0 Å². The van der Waals surface area contributed by atoms with E-state index in [1.54, 1.807) is 13.8 Å². The SMILES string of the molecule is CC(=O)O[C@H]1C[C@@H]2CC[C@@H]3[C@H](CC[C@@]4(C)[C@H]3C[C@H]([N+]3(C)CCCCC3)[C@@H]4OC(C)=O)[C@@]2(C)C[C@@H]1[N+]1(C)CCCCC1.[Br-]. The van der Waals surface area contributed by atoms with Gasteiger partial charge in [0, 0.05) is 32.1 Å². The second-order valence-corrected chi connectivity index (χ2v) is 16.7. The highest BCUT2D eigenvalue weighted by Gasteiger charge is 2.68. The molecule has 0 spiro atoms. The number of hydrogen-bond acceptors (Lipinski definition) is 4. The van der Waals surface area contributed by atoms with Crippen molar-refractivity contribution >= 4 is 11.9 Å². The van der Waals surface area contributed by atoms with Crippen molar-refractivity contribution in [2.75, 3.05) is 40.3 Å². The molecule has 0 N–H and O–H groups in total. The number of carbonyl (C=O) groups excluding carboxylic acids is 2. The number of nitrogens with zero attached hydrogens (tertiary/aromatic N) is 2. The fourth-order valence-corrected chi connectivity index (χ4v) is 12.3. The minimum absolute atomic E-state index is 0. The van der Waals surface area contributed by atoms with Crippen LogP contribution in [0.5, 0.6) is 0 Å². The van der Waals surface area contributed by atoms with Gasteiger partial charge in [0.05, 0.1) is 40.3 Å². The average Bonchev–Trinajstić information content (AvgIpc) is 3.21. The molecule has 2 heterocycles. The summed E-state index contributed by atoms with van der Waals surface area (Å²) in [6, 6.07) is 0.846. The van der Waals surface area contributed by atoms with Gasteiger partial charge in [-0.3, -0.25) is 9.59 Å². The molecular weight excluding hydrogens is 592 g/mol. The topological polar surface area (TPSA) is 52.6 Å². The van der Waals surface area contributed by atoms with Crippen LogP contribution in [0.4, 0.5) is 0 Å². The van der Waals surface area contributed by atoms with Gasteiger partial charge in [-0.1, -0.05) is 13.8 Å². The minimum atomic E-state index is -0.0998. The molecule has 0 aromatic heterocycles. The number of fused-ring (bicyclic) bond motifs is 5. The van der Waals surface area contributed by atoms with Crippen LogP contribution >= 0.6 is 0 Å². The molecule has 240 valence electrons. The zero-order valence-electron chi connectivity index (χ0n) is 27.5. The maximum atomic E-state index is 12.5. The predicted octanol–water partition coefficient (Wildman–Crippen LogP) is 3.11. The van der Waals surface area contributed by atoms with Crippen LogP contribution in [0.3, 0.4) is 0 Å². The van der Waals surface area contributed by atoms with E-state index in [-0.39, 0.29) is 46.5 Å². The number of rotatable bonds is 4. The summed E-state index contributed by atoms with van der Waals surface area (Å²) in [6.07, 6.45) is 16.4. The zero-order valence-corrected chi connectivity index (χ0v) is 29.1. The van der Waals surface area contributed by atoms with Crippen LogP contribution in [-0.4, -0.2) is 85.5 Å². The zero-order chi connectivity index (χ0) is 29.2. The third-order valence-corrected chi connectivity index (χ3v) is 14.5. The van der Waals surface area contributed by atoms with E-state index in [0.717, 1.165) is 21.3 Å². The molecule has 7 heteroatoms. The Hall–Kier alpha value is -0.660. The van der Waals surface area contributed by atoms with Crippen molar-refractivity contribution in [3.63, 3.8) is 0 Å². The highest BCUT2D eigenvalue weighted by Crippen LogP contribution is 2.68. The van der Waals surface area contributed by atoms with Crippen LogP contribution in [0.2, 0.25) is 0 Å². The molecule has 0 aromatic rings. The first kappa shape index (κ1) is 32.7. The predicted molar refractivity (Wildman–Crippen MR) is 161 cm³/mol. The molecule has 6 nitrogen and oxygen atoms in total. The van der Waals surface area contributed by atoms with Crippen LogP contribution in [0, 0.1) is 34.5 Å². The maximum absolute atomic E-state index is 12.5. The molecule has 0 amide bonds. The smallest absolute Gasteiger partial charge is 0.303 e. The van der Waals surface area contributed by atoms with Gasteiger partial charge in [-0.05, 0) is 99.7 Å². The summed E-state index contributed by atoms with van der Waals surface area (Å²) in [5, 5.41) is 0. The summed E-state index contributed by atoms with van der Waals surface area (Å²) in [6.45, 7) is 13.3. The molecule has 0 unspecified atom stereocenters.